The van der Waals surface area contributed by atoms with Crippen molar-refractivity contribution in [1.29, 1.82) is 0 Å². The molecule has 0 saturated carbocycles. The molecule has 2 aromatic heterocycles. The van der Waals surface area contributed by atoms with Crippen LogP contribution in [-0.2, 0) is 6.18 Å². The van der Waals surface area contributed by atoms with Crippen LogP contribution in [0, 0.1) is 0 Å². The van der Waals surface area contributed by atoms with Gasteiger partial charge in [-0.25, -0.2) is 4.98 Å². The van der Waals surface area contributed by atoms with E-state index >= 15 is 0 Å². The standard InChI is InChI=1S/C14H5BrCl3F3N2/c15-12-11(6-1-2-8(16)9(17)3-6)22-13-10(18)4-7(5-23(12)13)14(19,20)21/h1-5H. The van der Waals surface area contributed by atoms with Crippen LogP contribution < -0.4 is 0 Å². The van der Waals surface area contributed by atoms with E-state index in [2.05, 4.69) is 20.9 Å². The number of fused-ring (bicyclic) bond motifs is 1. The summed E-state index contributed by atoms with van der Waals surface area (Å²) >= 11 is 21.1. The summed E-state index contributed by atoms with van der Waals surface area (Å²) in [5.41, 5.74) is 0.339. The van der Waals surface area contributed by atoms with Gasteiger partial charge in [0, 0.05) is 11.8 Å². The van der Waals surface area contributed by atoms with E-state index in [1.54, 1.807) is 18.2 Å². The Morgan fingerprint density at radius 1 is 1.00 bits per heavy atom. The summed E-state index contributed by atoms with van der Waals surface area (Å²) in [5.74, 6) is 0. The third kappa shape index (κ3) is 3.05. The molecule has 1 aromatic carbocycles. The summed E-state index contributed by atoms with van der Waals surface area (Å²) in [6, 6.07) is 5.67. The molecular weight excluding hydrogens is 439 g/mol. The second-order valence-corrected chi connectivity index (χ2v) is 6.62. The Bertz CT molecular complexity index is 922. The lowest BCUT2D eigenvalue weighted by molar-refractivity contribution is -0.137. The lowest BCUT2D eigenvalue weighted by Crippen LogP contribution is -2.06. The van der Waals surface area contributed by atoms with Crippen molar-refractivity contribution in [3.05, 3.63) is 55.7 Å². The molecule has 3 rings (SSSR count). The van der Waals surface area contributed by atoms with Crippen LogP contribution in [0.5, 0.6) is 0 Å². The van der Waals surface area contributed by atoms with Crippen LogP contribution in [0.2, 0.25) is 15.1 Å². The molecule has 120 valence electrons. The molecule has 0 bridgehead atoms. The van der Waals surface area contributed by atoms with Crippen molar-refractivity contribution in [2.45, 2.75) is 6.18 Å². The number of benzene rings is 1. The first-order chi connectivity index (χ1) is 10.7. The molecule has 0 spiro atoms. The van der Waals surface area contributed by atoms with Crippen LogP contribution in [0.1, 0.15) is 5.56 Å². The Labute approximate surface area is 151 Å². The number of alkyl halides is 3. The average Bonchev–Trinajstić information content (AvgIpc) is 2.79. The Morgan fingerprint density at radius 2 is 1.70 bits per heavy atom. The summed E-state index contributed by atoms with van der Waals surface area (Å²) in [7, 11) is 0. The number of halogens is 7. The zero-order chi connectivity index (χ0) is 16.9. The van der Waals surface area contributed by atoms with E-state index in [0.29, 0.717) is 25.9 Å². The van der Waals surface area contributed by atoms with E-state index in [1.807, 2.05) is 0 Å². The van der Waals surface area contributed by atoms with Gasteiger partial charge in [0.15, 0.2) is 5.65 Å². The van der Waals surface area contributed by atoms with Crippen molar-refractivity contribution in [2.24, 2.45) is 0 Å². The van der Waals surface area contributed by atoms with Gasteiger partial charge in [0.05, 0.1) is 20.6 Å². The molecule has 0 N–H and O–H groups in total. The lowest BCUT2D eigenvalue weighted by atomic mass is 10.2. The van der Waals surface area contributed by atoms with Crippen molar-refractivity contribution in [3.8, 4) is 11.3 Å². The highest BCUT2D eigenvalue weighted by Crippen LogP contribution is 2.37. The maximum absolute atomic E-state index is 12.9. The Hall–Kier alpha value is -0.950. The zero-order valence-electron chi connectivity index (χ0n) is 10.9. The molecule has 23 heavy (non-hydrogen) atoms. The van der Waals surface area contributed by atoms with E-state index < -0.39 is 11.7 Å². The fourth-order valence-corrected chi connectivity index (χ4v) is 3.20. The second kappa shape index (κ2) is 5.84. The van der Waals surface area contributed by atoms with Gasteiger partial charge in [-0.05, 0) is 34.1 Å². The molecule has 0 amide bonds. The maximum Gasteiger partial charge on any atom is 0.417 e. The molecular formula is C14H5BrCl3F3N2. The number of rotatable bonds is 1. The van der Waals surface area contributed by atoms with Crippen molar-refractivity contribution in [3.63, 3.8) is 0 Å². The predicted octanol–water partition coefficient (Wildman–Crippen LogP) is 6.74. The summed E-state index contributed by atoms with van der Waals surface area (Å²) in [6.45, 7) is 0. The van der Waals surface area contributed by atoms with Gasteiger partial charge in [-0.1, -0.05) is 40.9 Å². The fraction of sp³-hybridized carbons (Fsp3) is 0.0714. The van der Waals surface area contributed by atoms with Gasteiger partial charge in [0.25, 0.3) is 0 Å². The Morgan fingerprint density at radius 3 is 2.30 bits per heavy atom. The maximum atomic E-state index is 12.9. The zero-order valence-corrected chi connectivity index (χ0v) is 14.8. The van der Waals surface area contributed by atoms with Crippen LogP contribution in [0.15, 0.2) is 35.1 Å². The third-order valence-electron chi connectivity index (χ3n) is 3.14. The minimum atomic E-state index is -4.51. The highest BCUT2D eigenvalue weighted by atomic mass is 79.9. The number of nitrogens with zero attached hydrogens (tertiary/aromatic N) is 2. The van der Waals surface area contributed by atoms with E-state index in [9.17, 15) is 13.2 Å². The molecule has 9 heteroatoms. The van der Waals surface area contributed by atoms with Gasteiger partial charge in [-0.2, -0.15) is 13.2 Å². The summed E-state index contributed by atoms with van der Waals surface area (Å²) in [6.07, 6.45) is -3.58. The Balaban J connectivity index is 2.26. The Kier molecular flexibility index (Phi) is 4.29. The van der Waals surface area contributed by atoms with Crippen molar-refractivity contribution >= 4 is 56.4 Å². The first-order valence-corrected chi connectivity index (χ1v) is 8.01. The van der Waals surface area contributed by atoms with Gasteiger partial charge >= 0.3 is 6.18 Å². The molecule has 3 aromatic rings. The van der Waals surface area contributed by atoms with Gasteiger partial charge < -0.3 is 0 Å². The summed E-state index contributed by atoms with van der Waals surface area (Å²) in [5, 5.41) is 0.578. The van der Waals surface area contributed by atoms with E-state index in [1.165, 1.54) is 4.40 Å². The molecule has 0 saturated heterocycles. The predicted molar refractivity (Wildman–Crippen MR) is 88.4 cm³/mol. The molecule has 0 aliphatic heterocycles. The number of aromatic nitrogens is 2. The number of imidazole rings is 1. The van der Waals surface area contributed by atoms with Gasteiger partial charge in [-0.15, -0.1) is 0 Å². The first kappa shape index (κ1) is 16.9. The summed E-state index contributed by atoms with van der Waals surface area (Å²) < 4.78 is 40.3. The van der Waals surface area contributed by atoms with Gasteiger partial charge in [0.1, 0.15) is 10.3 Å². The minimum Gasteiger partial charge on any atom is -0.292 e. The topological polar surface area (TPSA) is 17.3 Å². The molecule has 0 atom stereocenters. The molecule has 0 radical (unpaired) electrons. The van der Waals surface area contributed by atoms with Crippen LogP contribution in [0.4, 0.5) is 13.2 Å². The van der Waals surface area contributed by atoms with Crippen LogP contribution in [0.25, 0.3) is 16.9 Å². The molecule has 2 nitrogen and oxygen atoms in total. The molecule has 0 aliphatic carbocycles. The fourth-order valence-electron chi connectivity index (χ4n) is 2.06. The average molecular weight is 444 g/mol. The first-order valence-electron chi connectivity index (χ1n) is 6.08. The van der Waals surface area contributed by atoms with E-state index in [4.69, 9.17) is 34.8 Å². The van der Waals surface area contributed by atoms with Crippen molar-refractivity contribution in [2.75, 3.05) is 0 Å². The SMILES string of the molecule is FC(F)(F)c1cc(Cl)c2nc(-c3ccc(Cl)c(Cl)c3)c(Br)n2c1. The van der Waals surface area contributed by atoms with Gasteiger partial charge in [-0.3, -0.25) is 4.40 Å². The quantitative estimate of drug-likeness (QED) is 0.406. The minimum absolute atomic E-state index is 0.105. The largest absolute Gasteiger partial charge is 0.417 e. The number of pyridine rings is 1. The van der Waals surface area contributed by atoms with Crippen molar-refractivity contribution < 1.29 is 13.2 Å². The highest BCUT2D eigenvalue weighted by Gasteiger charge is 2.32. The number of hydrogen-bond acceptors (Lipinski definition) is 1. The van der Waals surface area contributed by atoms with Crippen molar-refractivity contribution in [1.82, 2.24) is 9.38 Å². The molecule has 0 aliphatic rings. The smallest absolute Gasteiger partial charge is 0.292 e. The van der Waals surface area contributed by atoms with Crippen LogP contribution in [0.3, 0.4) is 0 Å². The molecule has 0 unspecified atom stereocenters. The molecule has 0 fully saturated rings. The van der Waals surface area contributed by atoms with E-state index in [0.717, 1.165) is 12.3 Å². The molecule has 2 heterocycles. The normalized spacial score (nSPS) is 12.1. The van der Waals surface area contributed by atoms with Crippen LogP contribution in [-0.4, -0.2) is 9.38 Å². The number of hydrogen-bond donors (Lipinski definition) is 0. The lowest BCUT2D eigenvalue weighted by Gasteiger charge is -2.08. The summed E-state index contributed by atoms with van der Waals surface area (Å²) in [4.78, 5) is 4.29. The third-order valence-corrected chi connectivity index (χ3v) is 4.91. The van der Waals surface area contributed by atoms with Crippen LogP contribution >= 0.6 is 50.7 Å². The highest BCUT2D eigenvalue weighted by molar-refractivity contribution is 9.10. The van der Waals surface area contributed by atoms with E-state index in [-0.39, 0.29) is 10.7 Å². The monoisotopic (exact) mass is 442 g/mol. The second-order valence-electron chi connectivity index (χ2n) is 4.65. The van der Waals surface area contributed by atoms with Gasteiger partial charge in [0.2, 0.25) is 0 Å².